The fraction of sp³-hybridized carbons (Fsp3) is 0.333. The summed E-state index contributed by atoms with van der Waals surface area (Å²) in [5.74, 6) is 0.907. The lowest BCUT2D eigenvalue weighted by Crippen LogP contribution is -2.41. The molecule has 10 nitrogen and oxygen atoms in total. The molecule has 0 aliphatic carbocycles. The number of hydrogen-bond donors (Lipinski definition) is 2. The van der Waals surface area contributed by atoms with Crippen molar-refractivity contribution in [3.63, 3.8) is 0 Å². The number of nitrogens with zero attached hydrogens (tertiary/aromatic N) is 3. The van der Waals surface area contributed by atoms with Gasteiger partial charge in [0.25, 0.3) is 0 Å². The zero-order valence-corrected chi connectivity index (χ0v) is 19.8. The van der Waals surface area contributed by atoms with Crippen molar-refractivity contribution in [3.8, 4) is 22.9 Å². The number of aromatic nitrogens is 2. The molecule has 0 saturated carbocycles. The number of carboxylic acids is 1. The summed E-state index contributed by atoms with van der Waals surface area (Å²) in [7, 11) is 1.53. The second kappa shape index (κ2) is 10.7. The van der Waals surface area contributed by atoms with E-state index in [1.807, 2.05) is 0 Å². The van der Waals surface area contributed by atoms with Crippen LogP contribution < -0.4 is 15.2 Å². The second-order valence-electron chi connectivity index (χ2n) is 8.08. The van der Waals surface area contributed by atoms with Crippen molar-refractivity contribution < 1.29 is 28.7 Å². The number of ether oxygens (including phenoxy) is 2. The standard InChI is InChI=1S/C24H25ClN4O6/c1-33-20-11-15(4-5-19(20)34-13-17-3-2-16(24(31)32)10-18(17)25)22-27-23(35-28-22)14-6-8-29(9-7-14)21(30)12-26/h2-5,10-11,14H,6-9,12-13,26H2,1H3,(H,31,32). The van der Waals surface area contributed by atoms with Crippen LogP contribution in [0.15, 0.2) is 40.9 Å². The Labute approximate surface area is 206 Å². The van der Waals surface area contributed by atoms with E-state index >= 15 is 0 Å². The van der Waals surface area contributed by atoms with Crippen molar-refractivity contribution in [2.75, 3.05) is 26.7 Å². The van der Waals surface area contributed by atoms with Gasteiger partial charge in [-0.3, -0.25) is 4.79 Å². The number of halogens is 1. The topological polar surface area (TPSA) is 141 Å². The molecule has 1 saturated heterocycles. The first-order chi connectivity index (χ1) is 16.9. The van der Waals surface area contributed by atoms with E-state index < -0.39 is 5.97 Å². The van der Waals surface area contributed by atoms with Crippen LogP contribution in [0, 0.1) is 0 Å². The van der Waals surface area contributed by atoms with Gasteiger partial charge in [-0.05, 0) is 43.2 Å². The number of aromatic carboxylic acids is 1. The molecule has 0 bridgehead atoms. The van der Waals surface area contributed by atoms with Crippen LogP contribution in [0.1, 0.15) is 40.6 Å². The van der Waals surface area contributed by atoms with E-state index in [-0.39, 0.29) is 30.5 Å². The van der Waals surface area contributed by atoms with Gasteiger partial charge in [-0.2, -0.15) is 4.98 Å². The van der Waals surface area contributed by atoms with Gasteiger partial charge >= 0.3 is 5.97 Å². The summed E-state index contributed by atoms with van der Waals surface area (Å²) in [5.41, 5.74) is 6.89. The van der Waals surface area contributed by atoms with Crippen molar-refractivity contribution in [2.45, 2.75) is 25.4 Å². The Morgan fingerprint density at radius 1 is 1.20 bits per heavy atom. The van der Waals surface area contributed by atoms with Crippen LogP contribution in [0.5, 0.6) is 11.5 Å². The van der Waals surface area contributed by atoms with Gasteiger partial charge in [0.2, 0.25) is 17.6 Å². The summed E-state index contributed by atoms with van der Waals surface area (Å²) < 4.78 is 16.8. The normalized spacial score (nSPS) is 14.1. The smallest absolute Gasteiger partial charge is 0.335 e. The molecule has 1 aliphatic rings. The number of rotatable bonds is 8. The average molecular weight is 501 g/mol. The zero-order valence-electron chi connectivity index (χ0n) is 19.1. The van der Waals surface area contributed by atoms with Gasteiger partial charge in [0.15, 0.2) is 11.5 Å². The lowest BCUT2D eigenvalue weighted by Gasteiger charge is -2.30. The Morgan fingerprint density at radius 2 is 1.97 bits per heavy atom. The number of benzene rings is 2. The number of piperidine rings is 1. The largest absolute Gasteiger partial charge is 0.493 e. The monoisotopic (exact) mass is 500 g/mol. The third-order valence-electron chi connectivity index (χ3n) is 5.92. The van der Waals surface area contributed by atoms with Crippen LogP contribution in [0.25, 0.3) is 11.4 Å². The number of likely N-dealkylation sites (tertiary alicyclic amines) is 1. The van der Waals surface area contributed by atoms with Gasteiger partial charge in [-0.15, -0.1) is 0 Å². The highest BCUT2D eigenvalue weighted by molar-refractivity contribution is 6.31. The third-order valence-corrected chi connectivity index (χ3v) is 6.27. The summed E-state index contributed by atoms with van der Waals surface area (Å²) in [6.45, 7) is 1.37. The molecule has 0 atom stereocenters. The molecule has 0 radical (unpaired) electrons. The number of hydrogen-bond acceptors (Lipinski definition) is 8. The van der Waals surface area contributed by atoms with Gasteiger partial charge < -0.3 is 29.7 Å². The first-order valence-corrected chi connectivity index (χ1v) is 11.4. The summed E-state index contributed by atoms with van der Waals surface area (Å²) in [6.07, 6.45) is 1.47. The molecule has 2 heterocycles. The lowest BCUT2D eigenvalue weighted by molar-refractivity contribution is -0.130. The van der Waals surface area contributed by atoms with Crippen molar-refractivity contribution >= 4 is 23.5 Å². The van der Waals surface area contributed by atoms with Crippen molar-refractivity contribution in [1.82, 2.24) is 15.0 Å². The first kappa shape index (κ1) is 24.5. The molecule has 35 heavy (non-hydrogen) atoms. The van der Waals surface area contributed by atoms with Gasteiger partial charge in [0, 0.05) is 35.2 Å². The minimum Gasteiger partial charge on any atom is -0.493 e. The predicted octanol–water partition coefficient (Wildman–Crippen LogP) is 3.34. The summed E-state index contributed by atoms with van der Waals surface area (Å²) in [6, 6.07) is 9.76. The summed E-state index contributed by atoms with van der Waals surface area (Å²) in [4.78, 5) is 29.2. The number of carboxylic acid groups (broad SMARTS) is 1. The Kier molecular flexibility index (Phi) is 7.52. The molecular formula is C24H25ClN4O6. The average Bonchev–Trinajstić information content (AvgIpc) is 3.38. The maximum Gasteiger partial charge on any atom is 0.335 e. The van der Waals surface area contributed by atoms with Crippen LogP contribution in [0.2, 0.25) is 5.02 Å². The minimum absolute atomic E-state index is 0.0148. The van der Waals surface area contributed by atoms with E-state index in [9.17, 15) is 9.59 Å². The molecular weight excluding hydrogens is 476 g/mol. The van der Waals surface area contributed by atoms with Crippen molar-refractivity contribution in [3.05, 3.63) is 58.4 Å². The maximum atomic E-state index is 11.8. The Hall–Kier alpha value is -3.63. The molecule has 4 rings (SSSR count). The Morgan fingerprint density at radius 3 is 2.63 bits per heavy atom. The molecule has 2 aromatic carbocycles. The van der Waals surface area contributed by atoms with Gasteiger partial charge in [0.05, 0.1) is 19.2 Å². The summed E-state index contributed by atoms with van der Waals surface area (Å²) in [5, 5.41) is 13.5. The van der Waals surface area contributed by atoms with Crippen LogP contribution in [-0.4, -0.2) is 58.8 Å². The van der Waals surface area contributed by atoms with Gasteiger partial charge in [-0.1, -0.05) is 22.8 Å². The molecule has 0 spiro atoms. The fourth-order valence-electron chi connectivity index (χ4n) is 3.90. The van der Waals surface area contributed by atoms with Crippen LogP contribution in [0.4, 0.5) is 0 Å². The first-order valence-electron chi connectivity index (χ1n) is 11.0. The predicted molar refractivity (Wildman–Crippen MR) is 127 cm³/mol. The molecule has 1 fully saturated rings. The molecule has 184 valence electrons. The van der Waals surface area contributed by atoms with Gasteiger partial charge in [0.1, 0.15) is 6.61 Å². The maximum absolute atomic E-state index is 11.8. The lowest BCUT2D eigenvalue weighted by atomic mass is 9.96. The molecule has 11 heteroatoms. The Balaban J connectivity index is 1.43. The van der Waals surface area contributed by atoms with Crippen molar-refractivity contribution in [2.24, 2.45) is 5.73 Å². The molecule has 3 N–H and O–H groups in total. The van der Waals surface area contributed by atoms with Crippen LogP contribution in [0.3, 0.4) is 0 Å². The van der Waals surface area contributed by atoms with Gasteiger partial charge in [-0.25, -0.2) is 4.79 Å². The molecule has 1 amide bonds. The van der Waals surface area contributed by atoms with Crippen molar-refractivity contribution in [1.29, 1.82) is 0 Å². The molecule has 0 unspecified atom stereocenters. The zero-order chi connectivity index (χ0) is 24.9. The molecule has 3 aromatic rings. The highest BCUT2D eigenvalue weighted by Gasteiger charge is 2.27. The number of amides is 1. The number of carbonyl (C=O) groups excluding carboxylic acids is 1. The minimum atomic E-state index is -1.05. The number of nitrogens with two attached hydrogens (primary N) is 1. The van der Waals surface area contributed by atoms with Crippen LogP contribution in [-0.2, 0) is 11.4 Å². The quantitative estimate of drug-likeness (QED) is 0.476. The van der Waals surface area contributed by atoms with E-state index in [0.29, 0.717) is 52.5 Å². The highest BCUT2D eigenvalue weighted by atomic mass is 35.5. The van der Waals surface area contributed by atoms with E-state index in [1.165, 1.54) is 19.2 Å². The summed E-state index contributed by atoms with van der Waals surface area (Å²) >= 11 is 6.19. The third kappa shape index (κ3) is 5.55. The van der Waals surface area contributed by atoms with E-state index in [4.69, 9.17) is 36.4 Å². The van der Waals surface area contributed by atoms with Crippen LogP contribution >= 0.6 is 11.6 Å². The Bertz CT molecular complexity index is 1220. The SMILES string of the molecule is COc1cc(-c2noc(C3CCN(C(=O)CN)CC3)n2)ccc1OCc1ccc(C(=O)O)cc1Cl. The number of carbonyl (C=O) groups is 2. The van der Waals surface area contributed by atoms with E-state index in [1.54, 1.807) is 29.2 Å². The second-order valence-corrected chi connectivity index (χ2v) is 8.49. The molecule has 1 aromatic heterocycles. The van der Waals surface area contributed by atoms with E-state index in [2.05, 4.69) is 10.1 Å². The fourth-order valence-corrected chi connectivity index (χ4v) is 4.14. The highest BCUT2D eigenvalue weighted by Crippen LogP contribution is 2.34. The molecule has 1 aliphatic heterocycles. The number of methoxy groups -OCH3 is 1. The van der Waals surface area contributed by atoms with E-state index in [0.717, 1.165) is 12.8 Å².